The molecule has 2 rings (SSSR count). The molecule has 1 aliphatic heterocycles. The van der Waals surface area contributed by atoms with Gasteiger partial charge in [-0.2, -0.15) is 0 Å². The number of nitrogens with one attached hydrogen (secondary N) is 1. The summed E-state index contributed by atoms with van der Waals surface area (Å²) in [6.07, 6.45) is -1.65. The number of rotatable bonds is 19. The Labute approximate surface area is 287 Å². The molecule has 1 aromatic rings. The highest BCUT2D eigenvalue weighted by atomic mass is 16.8. The summed E-state index contributed by atoms with van der Waals surface area (Å²) in [4.78, 5) is 67.1. The topological polar surface area (TPSA) is 255 Å². The van der Waals surface area contributed by atoms with Crippen LogP contribution in [0.15, 0.2) is 29.4 Å². The van der Waals surface area contributed by atoms with Crippen LogP contribution in [0.1, 0.15) is 31.1 Å². The average molecular weight is 708 g/mol. The molecule has 274 valence electrons. The number of esters is 4. The molecule has 1 heterocycles. The maximum atomic E-state index is 13.7. The van der Waals surface area contributed by atoms with Gasteiger partial charge in [0, 0.05) is 31.2 Å². The fourth-order valence-electron chi connectivity index (χ4n) is 4.95. The molecule has 1 amide bonds. The van der Waals surface area contributed by atoms with E-state index in [2.05, 4.69) is 21.3 Å². The number of hydrogen-bond acceptors (Lipinski definition) is 16. The number of carbonyl (C=O) groups is 5. The van der Waals surface area contributed by atoms with Crippen molar-refractivity contribution in [2.24, 2.45) is 10.8 Å². The molecule has 0 saturated carbocycles. The van der Waals surface area contributed by atoms with Gasteiger partial charge in [-0.05, 0) is 23.7 Å². The SMILES string of the molecule is C#CCOCCOCCO[C@@]1(C(=O)OC)O[C@@H]([C@H](OC(C)=O)[C@@H](CN=[N+]=[N-])OC(C)=O)[C@H](N)[C@@H](NC(=O)c2cccc(OC)c2)[C@@H]1OC(C)=O. The Hall–Kier alpha value is -4.96. The van der Waals surface area contributed by atoms with E-state index in [4.69, 9.17) is 60.3 Å². The molecule has 19 heteroatoms. The number of hydrogen-bond donors (Lipinski definition) is 2. The number of terminal acetylenes is 1. The molecule has 19 nitrogen and oxygen atoms in total. The van der Waals surface area contributed by atoms with Crippen LogP contribution in [-0.2, 0) is 57.1 Å². The Balaban J connectivity index is 2.74. The molecule has 1 aromatic carbocycles. The first-order chi connectivity index (χ1) is 23.8. The molecule has 0 aromatic heterocycles. The summed E-state index contributed by atoms with van der Waals surface area (Å²) in [5, 5.41) is 6.10. The van der Waals surface area contributed by atoms with Crippen molar-refractivity contribution in [3.8, 4) is 18.1 Å². The Morgan fingerprint density at radius 3 is 2.34 bits per heavy atom. The summed E-state index contributed by atoms with van der Waals surface area (Å²) in [6, 6.07) is 2.91. The van der Waals surface area contributed by atoms with E-state index in [9.17, 15) is 24.0 Å². The Morgan fingerprint density at radius 1 is 1.06 bits per heavy atom. The third-order valence-corrected chi connectivity index (χ3v) is 6.93. The highest BCUT2D eigenvalue weighted by Crippen LogP contribution is 2.37. The molecule has 0 bridgehead atoms. The van der Waals surface area contributed by atoms with Crippen molar-refractivity contribution in [2.75, 3.05) is 53.8 Å². The maximum absolute atomic E-state index is 13.7. The molecule has 0 unspecified atom stereocenters. The Kier molecular flexibility index (Phi) is 16.9. The van der Waals surface area contributed by atoms with Gasteiger partial charge in [0.25, 0.3) is 5.91 Å². The van der Waals surface area contributed by atoms with E-state index in [-0.39, 0.29) is 32.0 Å². The van der Waals surface area contributed by atoms with Crippen molar-refractivity contribution in [2.45, 2.75) is 63.1 Å². The van der Waals surface area contributed by atoms with Gasteiger partial charge in [-0.15, -0.1) is 6.42 Å². The van der Waals surface area contributed by atoms with E-state index in [1.54, 1.807) is 12.1 Å². The summed E-state index contributed by atoms with van der Waals surface area (Å²) in [7, 11) is 2.38. The van der Waals surface area contributed by atoms with Gasteiger partial charge in [-0.1, -0.05) is 17.1 Å². The van der Waals surface area contributed by atoms with Crippen molar-refractivity contribution >= 4 is 29.8 Å². The number of nitrogens with zero attached hydrogens (tertiary/aromatic N) is 3. The standard InChI is InChI=1S/C31H41N5O14/c1-7-11-44-12-13-45-14-15-46-31(30(41)43-6)28(49-20(4)39)25(35-29(40)21-9-8-10-22(16-21)42-5)24(32)27(50-31)26(48-19(3)38)23(17-34-36-33)47-18(2)37/h1,8-10,16,23-28H,11-15,17,32H2,2-6H3,(H,35,40)/t23-,24-,25-,26-,27-,28+,31-/m1/s1. The lowest BCUT2D eigenvalue weighted by Crippen LogP contribution is -2.77. The van der Waals surface area contributed by atoms with E-state index in [0.717, 1.165) is 27.9 Å². The van der Waals surface area contributed by atoms with Crippen LogP contribution >= 0.6 is 0 Å². The van der Waals surface area contributed by atoms with Crippen molar-refractivity contribution in [3.05, 3.63) is 40.3 Å². The number of benzene rings is 1. The first-order valence-electron chi connectivity index (χ1n) is 15.1. The second kappa shape index (κ2) is 20.5. The number of ether oxygens (including phenoxy) is 9. The summed E-state index contributed by atoms with van der Waals surface area (Å²) in [5.74, 6) is -4.86. The zero-order valence-corrected chi connectivity index (χ0v) is 28.2. The lowest BCUT2D eigenvalue weighted by atomic mass is 9.84. The number of azide groups is 1. The van der Waals surface area contributed by atoms with Crippen molar-refractivity contribution in [1.82, 2.24) is 5.32 Å². The van der Waals surface area contributed by atoms with Crippen molar-refractivity contribution < 1.29 is 66.6 Å². The van der Waals surface area contributed by atoms with Crippen molar-refractivity contribution in [1.29, 1.82) is 0 Å². The molecule has 0 spiro atoms. The number of amides is 1. The van der Waals surface area contributed by atoms with E-state index >= 15 is 0 Å². The van der Waals surface area contributed by atoms with E-state index in [0.29, 0.717) is 5.75 Å². The van der Waals surface area contributed by atoms with Gasteiger partial charge in [0.05, 0.1) is 59.3 Å². The zero-order valence-electron chi connectivity index (χ0n) is 28.2. The maximum Gasteiger partial charge on any atom is 0.370 e. The predicted molar refractivity (Wildman–Crippen MR) is 169 cm³/mol. The summed E-state index contributed by atoms with van der Waals surface area (Å²) >= 11 is 0. The van der Waals surface area contributed by atoms with Gasteiger partial charge < -0.3 is 53.7 Å². The molecule has 1 aliphatic rings. The second-order valence-corrected chi connectivity index (χ2v) is 10.4. The van der Waals surface area contributed by atoms with Crippen molar-refractivity contribution in [3.63, 3.8) is 0 Å². The molecular formula is C31H41N5O14. The lowest BCUT2D eigenvalue weighted by molar-refractivity contribution is -0.335. The van der Waals surface area contributed by atoms with E-state index in [1.165, 1.54) is 19.2 Å². The van der Waals surface area contributed by atoms with Gasteiger partial charge in [0.1, 0.15) is 24.6 Å². The Morgan fingerprint density at radius 2 is 1.74 bits per heavy atom. The number of methoxy groups -OCH3 is 2. The molecule has 1 fully saturated rings. The van der Waals surface area contributed by atoms with Crippen LogP contribution < -0.4 is 15.8 Å². The van der Waals surface area contributed by atoms with Gasteiger partial charge in [0.2, 0.25) is 0 Å². The minimum absolute atomic E-state index is 0.0608. The van der Waals surface area contributed by atoms with E-state index < -0.39 is 85.2 Å². The molecule has 0 aliphatic carbocycles. The quantitative estimate of drug-likeness (QED) is 0.0370. The smallest absolute Gasteiger partial charge is 0.370 e. The molecule has 3 N–H and O–H groups in total. The second-order valence-electron chi connectivity index (χ2n) is 10.4. The molecule has 1 saturated heterocycles. The highest BCUT2D eigenvalue weighted by molar-refractivity contribution is 5.95. The third-order valence-electron chi connectivity index (χ3n) is 6.93. The zero-order chi connectivity index (χ0) is 37.3. The third kappa shape index (κ3) is 11.6. The van der Waals surface area contributed by atoms with Crippen LogP contribution in [0.2, 0.25) is 0 Å². The first kappa shape index (κ1) is 41.2. The Bertz CT molecular complexity index is 1430. The molecule has 0 radical (unpaired) electrons. The van der Waals surface area contributed by atoms with Gasteiger partial charge in [-0.25, -0.2) is 4.79 Å². The number of nitrogens with two attached hydrogens (primary N) is 1. The fourth-order valence-corrected chi connectivity index (χ4v) is 4.95. The lowest BCUT2D eigenvalue weighted by Gasteiger charge is -2.51. The number of carbonyl (C=O) groups excluding carboxylic acids is 5. The van der Waals surface area contributed by atoms with Crippen LogP contribution in [-0.4, -0.2) is 126 Å². The molecule has 7 atom stereocenters. The largest absolute Gasteiger partial charge is 0.497 e. The van der Waals surface area contributed by atoms with Gasteiger partial charge in [0.15, 0.2) is 12.2 Å². The van der Waals surface area contributed by atoms with Gasteiger partial charge in [-0.3, -0.25) is 19.2 Å². The summed E-state index contributed by atoms with van der Waals surface area (Å²) in [6.45, 7) is 2.20. The predicted octanol–water partition coefficient (Wildman–Crippen LogP) is 0.177. The molecule has 50 heavy (non-hydrogen) atoms. The fraction of sp³-hybridized carbons (Fsp3) is 0.581. The molecular weight excluding hydrogens is 666 g/mol. The van der Waals surface area contributed by atoms with Crippen LogP contribution in [0.5, 0.6) is 5.75 Å². The summed E-state index contributed by atoms with van der Waals surface area (Å²) < 4.78 is 49.4. The summed E-state index contributed by atoms with van der Waals surface area (Å²) in [5.41, 5.74) is 15.8. The normalized spacial score (nSPS) is 22.3. The van der Waals surface area contributed by atoms with Crippen LogP contribution in [0.3, 0.4) is 0 Å². The van der Waals surface area contributed by atoms with Crippen LogP contribution in [0, 0.1) is 12.3 Å². The van der Waals surface area contributed by atoms with Gasteiger partial charge >= 0.3 is 29.7 Å². The highest BCUT2D eigenvalue weighted by Gasteiger charge is 2.65. The van der Waals surface area contributed by atoms with Crippen LogP contribution in [0.25, 0.3) is 10.4 Å². The first-order valence-corrected chi connectivity index (χ1v) is 15.1. The minimum atomic E-state index is -2.73. The van der Waals surface area contributed by atoms with E-state index in [1.807, 2.05) is 0 Å². The van der Waals surface area contributed by atoms with Crippen LogP contribution in [0.4, 0.5) is 0 Å². The average Bonchev–Trinajstić information content (AvgIpc) is 3.08. The monoisotopic (exact) mass is 707 g/mol. The minimum Gasteiger partial charge on any atom is -0.497 e.